The van der Waals surface area contributed by atoms with Crippen LogP contribution in [0, 0.1) is 0 Å². The molecule has 69 heavy (non-hydrogen) atoms. The van der Waals surface area contributed by atoms with Crippen molar-refractivity contribution in [2.45, 2.75) is 0 Å². The molecule has 2 aromatic heterocycles. The molecule has 0 amide bonds. The van der Waals surface area contributed by atoms with E-state index in [1.165, 1.54) is 48.7 Å². The molecule has 0 aliphatic rings. The molecule has 0 saturated carbocycles. The Labute approximate surface area is 399 Å². The van der Waals surface area contributed by atoms with Gasteiger partial charge in [0.05, 0.1) is 22.4 Å². The lowest BCUT2D eigenvalue weighted by atomic mass is 9.95. The fraction of sp³-hybridized carbons (Fsp3) is 0. The molecule has 0 N–H and O–H groups in total. The normalized spacial score (nSPS) is 11.8. The van der Waals surface area contributed by atoms with Crippen LogP contribution in [0.1, 0.15) is 0 Å². The number of nitrogens with zero attached hydrogens (tertiary/aromatic N) is 2. The first kappa shape index (κ1) is 39.0. The molecule has 0 unspecified atom stereocenters. The van der Waals surface area contributed by atoms with E-state index in [2.05, 4.69) is 264 Å². The van der Waals surface area contributed by atoms with Crippen LogP contribution in [0.5, 0.6) is 0 Å². The molecular formula is C66H42N2O. The van der Waals surface area contributed by atoms with Gasteiger partial charge >= 0.3 is 0 Å². The third-order valence-corrected chi connectivity index (χ3v) is 14.2. The number of anilines is 3. The lowest BCUT2D eigenvalue weighted by Gasteiger charge is -2.30. The zero-order valence-electron chi connectivity index (χ0n) is 37.6. The first-order valence-electron chi connectivity index (χ1n) is 23.7. The monoisotopic (exact) mass is 878 g/mol. The van der Waals surface area contributed by atoms with E-state index >= 15 is 0 Å². The largest absolute Gasteiger partial charge is 0.455 e. The van der Waals surface area contributed by atoms with Gasteiger partial charge in [-0.3, -0.25) is 0 Å². The van der Waals surface area contributed by atoms with Crippen LogP contribution < -0.4 is 4.90 Å². The van der Waals surface area contributed by atoms with Crippen LogP contribution >= 0.6 is 0 Å². The Morgan fingerprint density at radius 2 is 0.841 bits per heavy atom. The zero-order chi connectivity index (χ0) is 45.4. The summed E-state index contributed by atoms with van der Waals surface area (Å²) in [4.78, 5) is 2.44. The van der Waals surface area contributed by atoms with Crippen molar-refractivity contribution >= 4 is 93.1 Å². The Bertz CT molecular complexity index is 4270. The molecule has 0 spiro atoms. The molecule has 14 rings (SSSR count). The van der Waals surface area contributed by atoms with Gasteiger partial charge in [0, 0.05) is 49.4 Å². The van der Waals surface area contributed by atoms with Gasteiger partial charge in [-0.2, -0.15) is 0 Å². The van der Waals surface area contributed by atoms with Gasteiger partial charge in [0.15, 0.2) is 0 Å². The van der Waals surface area contributed by atoms with Gasteiger partial charge in [-0.25, -0.2) is 0 Å². The molecular weight excluding hydrogens is 837 g/mol. The van der Waals surface area contributed by atoms with Crippen molar-refractivity contribution < 1.29 is 4.42 Å². The van der Waals surface area contributed by atoms with Crippen molar-refractivity contribution in [1.82, 2.24) is 4.57 Å². The lowest BCUT2D eigenvalue weighted by molar-refractivity contribution is 0.672. The Balaban J connectivity index is 0.928. The summed E-state index contributed by atoms with van der Waals surface area (Å²) in [5.74, 6) is 0. The van der Waals surface area contributed by atoms with Gasteiger partial charge in [0.2, 0.25) is 0 Å². The van der Waals surface area contributed by atoms with Gasteiger partial charge in [0.1, 0.15) is 11.2 Å². The number of rotatable bonds is 7. The summed E-state index contributed by atoms with van der Waals surface area (Å²) >= 11 is 0. The van der Waals surface area contributed by atoms with E-state index in [0.29, 0.717) is 0 Å². The predicted octanol–water partition coefficient (Wildman–Crippen LogP) is 18.6. The molecule has 0 fully saturated rings. The van der Waals surface area contributed by atoms with Gasteiger partial charge in [0.25, 0.3) is 0 Å². The van der Waals surface area contributed by atoms with E-state index in [1.807, 2.05) is 0 Å². The number of fused-ring (bicyclic) bond motifs is 11. The van der Waals surface area contributed by atoms with Crippen LogP contribution in [0.4, 0.5) is 17.1 Å². The van der Waals surface area contributed by atoms with Crippen molar-refractivity contribution in [3.8, 4) is 39.1 Å². The van der Waals surface area contributed by atoms with Crippen molar-refractivity contribution in [1.29, 1.82) is 0 Å². The van der Waals surface area contributed by atoms with Crippen LogP contribution in [0.2, 0.25) is 0 Å². The molecule has 12 aromatic carbocycles. The SMILES string of the molecule is c1cc(-c2ccc(N(c3ccccc3-c3ccc4c(ccc5ccccc54)c3)c3ccccc3-c3ccc4oc5c6ccccc6ccc5c4c3)cc2)cc(-n2c3ccccc3c3ccccc32)c1. The number of furan rings is 1. The quantitative estimate of drug-likeness (QED) is 0.149. The minimum absolute atomic E-state index is 0.881. The summed E-state index contributed by atoms with van der Waals surface area (Å²) in [6, 6.07) is 92.6. The van der Waals surface area contributed by atoms with Gasteiger partial charge in [-0.05, 0) is 122 Å². The highest BCUT2D eigenvalue weighted by Gasteiger charge is 2.22. The number of hydrogen-bond donors (Lipinski definition) is 0. The third-order valence-electron chi connectivity index (χ3n) is 14.2. The summed E-state index contributed by atoms with van der Waals surface area (Å²) in [6.07, 6.45) is 0. The molecule has 322 valence electrons. The second kappa shape index (κ2) is 15.7. The Kier molecular flexibility index (Phi) is 8.90. The van der Waals surface area contributed by atoms with Crippen LogP contribution in [0.3, 0.4) is 0 Å². The minimum atomic E-state index is 0.881. The van der Waals surface area contributed by atoms with Gasteiger partial charge in [-0.1, -0.05) is 182 Å². The van der Waals surface area contributed by atoms with E-state index < -0.39 is 0 Å². The van der Waals surface area contributed by atoms with Crippen molar-refractivity contribution in [2.24, 2.45) is 0 Å². The highest BCUT2D eigenvalue weighted by molar-refractivity contribution is 6.16. The van der Waals surface area contributed by atoms with Crippen molar-refractivity contribution in [2.75, 3.05) is 4.90 Å². The van der Waals surface area contributed by atoms with Crippen molar-refractivity contribution in [3.05, 3.63) is 255 Å². The second-order valence-electron chi connectivity index (χ2n) is 18.0. The maximum absolute atomic E-state index is 6.59. The molecule has 3 nitrogen and oxygen atoms in total. The molecule has 14 aromatic rings. The fourth-order valence-electron chi connectivity index (χ4n) is 10.9. The molecule has 0 saturated heterocycles. The first-order valence-corrected chi connectivity index (χ1v) is 23.7. The molecule has 0 aliphatic carbocycles. The highest BCUT2D eigenvalue weighted by atomic mass is 16.3. The smallest absolute Gasteiger partial charge is 0.143 e. The fourth-order valence-corrected chi connectivity index (χ4v) is 10.9. The van der Waals surface area contributed by atoms with Crippen LogP contribution in [-0.2, 0) is 0 Å². The Hall–Kier alpha value is -9.18. The van der Waals surface area contributed by atoms with Crippen LogP contribution in [0.15, 0.2) is 259 Å². The molecule has 0 aliphatic heterocycles. The number of benzene rings is 12. The summed E-state index contributed by atoms with van der Waals surface area (Å²) in [6.45, 7) is 0. The van der Waals surface area contributed by atoms with Gasteiger partial charge in [-0.15, -0.1) is 0 Å². The van der Waals surface area contributed by atoms with E-state index in [-0.39, 0.29) is 0 Å². The highest BCUT2D eigenvalue weighted by Crippen LogP contribution is 2.47. The van der Waals surface area contributed by atoms with E-state index in [4.69, 9.17) is 4.42 Å². The van der Waals surface area contributed by atoms with E-state index in [0.717, 1.165) is 83.5 Å². The summed E-state index contributed by atoms with van der Waals surface area (Å²) in [7, 11) is 0. The maximum atomic E-state index is 6.59. The number of hydrogen-bond acceptors (Lipinski definition) is 2. The second-order valence-corrected chi connectivity index (χ2v) is 18.0. The summed E-state index contributed by atoms with van der Waals surface area (Å²) < 4.78 is 8.98. The van der Waals surface area contributed by atoms with E-state index in [1.54, 1.807) is 0 Å². The average Bonchev–Trinajstić information content (AvgIpc) is 3.97. The molecule has 2 heterocycles. The van der Waals surface area contributed by atoms with Crippen molar-refractivity contribution in [3.63, 3.8) is 0 Å². The van der Waals surface area contributed by atoms with Gasteiger partial charge < -0.3 is 13.9 Å². The molecule has 0 radical (unpaired) electrons. The first-order chi connectivity index (χ1) is 34.2. The molecule has 0 atom stereocenters. The minimum Gasteiger partial charge on any atom is -0.455 e. The maximum Gasteiger partial charge on any atom is 0.143 e. The zero-order valence-corrected chi connectivity index (χ0v) is 37.6. The predicted molar refractivity (Wildman–Crippen MR) is 292 cm³/mol. The Morgan fingerprint density at radius 1 is 0.304 bits per heavy atom. The number of aromatic nitrogens is 1. The molecule has 3 heteroatoms. The van der Waals surface area contributed by atoms with Crippen LogP contribution in [-0.4, -0.2) is 4.57 Å². The topological polar surface area (TPSA) is 21.3 Å². The number of para-hydroxylation sites is 4. The Morgan fingerprint density at radius 3 is 1.58 bits per heavy atom. The standard InChI is InChI=1S/C66H42N2O/c1-3-18-52-44(14-1)28-29-47-40-48(33-37-53(47)52)54-19-5-9-24-61(54)67(62-25-10-6-20-55(62)49-34-39-65-60(42-49)59-38-32-45-15-2-4-21-56(45)66(59)69-65)50-35-30-43(31-36-50)46-16-13-17-51(41-46)68-63-26-11-7-22-57(63)58-23-8-12-27-64(58)68/h1-42H. The third kappa shape index (κ3) is 6.36. The summed E-state index contributed by atoms with van der Waals surface area (Å²) in [5, 5.41) is 12.0. The molecule has 0 bridgehead atoms. The average molecular weight is 879 g/mol. The van der Waals surface area contributed by atoms with E-state index in [9.17, 15) is 0 Å². The lowest BCUT2D eigenvalue weighted by Crippen LogP contribution is -2.12. The van der Waals surface area contributed by atoms with Crippen LogP contribution in [0.25, 0.3) is 115 Å². The summed E-state index contributed by atoms with van der Waals surface area (Å²) in [5.41, 5.74) is 15.4.